The van der Waals surface area contributed by atoms with Gasteiger partial charge in [-0.15, -0.1) is 0 Å². The molecule has 27 heavy (non-hydrogen) atoms. The molecule has 0 radical (unpaired) electrons. The van der Waals surface area contributed by atoms with Crippen LogP contribution < -0.4 is 25.6 Å². The summed E-state index contributed by atoms with van der Waals surface area (Å²) in [5.74, 6) is 1.81. The molecule has 1 aromatic rings. The van der Waals surface area contributed by atoms with Gasteiger partial charge in [-0.05, 0) is 52.7 Å². The quantitative estimate of drug-likeness (QED) is 0.388. The number of hydrogen-bond donors (Lipinski definition) is 3. The highest BCUT2D eigenvalue weighted by Gasteiger charge is 2.21. The van der Waals surface area contributed by atoms with Crippen LogP contribution in [-0.2, 0) is 0 Å². The number of nitrogens with one attached hydrogen (secondary N) is 3. The second kappa shape index (κ2) is 10.4. The molecule has 0 amide bonds. The predicted octanol–water partition coefficient (Wildman–Crippen LogP) is 2.61. The minimum atomic E-state index is 0.127. The first-order chi connectivity index (χ1) is 12.9. The van der Waals surface area contributed by atoms with Crippen molar-refractivity contribution in [3.05, 3.63) is 24.3 Å². The molecule has 0 bridgehead atoms. The predicted molar refractivity (Wildman–Crippen MR) is 115 cm³/mol. The molecule has 152 valence electrons. The third-order valence-electron chi connectivity index (χ3n) is 4.56. The van der Waals surface area contributed by atoms with Gasteiger partial charge in [0.2, 0.25) is 0 Å². The van der Waals surface area contributed by atoms with Crippen LogP contribution in [-0.4, -0.2) is 57.4 Å². The normalized spacial score (nSPS) is 18.3. The monoisotopic (exact) mass is 375 g/mol. The van der Waals surface area contributed by atoms with Gasteiger partial charge >= 0.3 is 0 Å². The van der Waals surface area contributed by atoms with Crippen molar-refractivity contribution >= 4 is 11.6 Å². The third kappa shape index (κ3) is 7.67. The highest BCUT2D eigenvalue weighted by Crippen LogP contribution is 2.24. The first-order valence-electron chi connectivity index (χ1n) is 10.1. The Balaban J connectivity index is 1.92. The van der Waals surface area contributed by atoms with Crippen molar-refractivity contribution in [3.63, 3.8) is 0 Å². The summed E-state index contributed by atoms with van der Waals surface area (Å²) in [7, 11) is 1.72. The van der Waals surface area contributed by atoms with E-state index in [1.807, 2.05) is 6.07 Å². The van der Waals surface area contributed by atoms with E-state index in [1.54, 1.807) is 7.11 Å². The second-order valence-corrected chi connectivity index (χ2v) is 8.07. The number of ether oxygens (including phenoxy) is 1. The van der Waals surface area contributed by atoms with Gasteiger partial charge in [-0.3, -0.25) is 4.99 Å². The van der Waals surface area contributed by atoms with E-state index in [1.165, 1.54) is 12.1 Å². The van der Waals surface area contributed by atoms with E-state index in [-0.39, 0.29) is 5.54 Å². The van der Waals surface area contributed by atoms with E-state index in [0.29, 0.717) is 6.04 Å². The Morgan fingerprint density at radius 3 is 2.85 bits per heavy atom. The fourth-order valence-electron chi connectivity index (χ4n) is 3.25. The number of aliphatic imine (C=N–C) groups is 1. The highest BCUT2D eigenvalue weighted by molar-refractivity contribution is 5.80. The molecule has 1 aliphatic rings. The molecule has 0 spiro atoms. The number of anilines is 1. The maximum atomic E-state index is 5.37. The highest BCUT2D eigenvalue weighted by atomic mass is 16.5. The maximum Gasteiger partial charge on any atom is 0.191 e. The van der Waals surface area contributed by atoms with Crippen LogP contribution in [0.5, 0.6) is 5.75 Å². The molecule has 6 heteroatoms. The lowest BCUT2D eigenvalue weighted by atomic mass is 10.0. The average molecular weight is 376 g/mol. The van der Waals surface area contributed by atoms with Gasteiger partial charge in [-0.1, -0.05) is 6.07 Å². The zero-order chi connectivity index (χ0) is 19.7. The van der Waals surface area contributed by atoms with E-state index in [9.17, 15) is 0 Å². The lowest BCUT2D eigenvalue weighted by Gasteiger charge is -2.35. The van der Waals surface area contributed by atoms with Crippen molar-refractivity contribution < 1.29 is 4.74 Å². The number of hydrogen-bond acceptors (Lipinski definition) is 4. The molecule has 1 heterocycles. The van der Waals surface area contributed by atoms with Gasteiger partial charge in [0.05, 0.1) is 13.7 Å². The molecule has 3 N–H and O–H groups in total. The SMILES string of the molecule is CCNC(=NCCNC(C)(C)C)NC1CCCN(c2cccc(OC)c2)C1. The Morgan fingerprint density at radius 2 is 2.15 bits per heavy atom. The Bertz CT molecular complexity index is 596. The topological polar surface area (TPSA) is 60.9 Å². The molecule has 1 fully saturated rings. The lowest BCUT2D eigenvalue weighted by Crippen LogP contribution is -2.51. The minimum absolute atomic E-state index is 0.127. The second-order valence-electron chi connectivity index (χ2n) is 8.07. The first-order valence-corrected chi connectivity index (χ1v) is 10.1. The van der Waals surface area contributed by atoms with E-state index in [2.05, 4.69) is 66.7 Å². The third-order valence-corrected chi connectivity index (χ3v) is 4.56. The van der Waals surface area contributed by atoms with Crippen LogP contribution in [0.15, 0.2) is 29.3 Å². The van der Waals surface area contributed by atoms with Crippen molar-refractivity contribution in [1.82, 2.24) is 16.0 Å². The molecule has 0 aliphatic carbocycles. The zero-order valence-corrected chi connectivity index (χ0v) is 17.6. The largest absolute Gasteiger partial charge is 0.497 e. The molecule has 1 aliphatic heterocycles. The Hall–Kier alpha value is -1.95. The van der Waals surface area contributed by atoms with Crippen LogP contribution in [0.3, 0.4) is 0 Å². The van der Waals surface area contributed by atoms with Crippen LogP contribution in [0.2, 0.25) is 0 Å². The number of piperidine rings is 1. The van der Waals surface area contributed by atoms with E-state index >= 15 is 0 Å². The van der Waals surface area contributed by atoms with Crippen molar-refractivity contribution in [1.29, 1.82) is 0 Å². The van der Waals surface area contributed by atoms with E-state index < -0.39 is 0 Å². The summed E-state index contributed by atoms with van der Waals surface area (Å²) in [6.45, 7) is 13.2. The first kappa shape index (κ1) is 21.4. The van der Waals surface area contributed by atoms with Crippen LogP contribution in [0.25, 0.3) is 0 Å². The summed E-state index contributed by atoms with van der Waals surface area (Å²) in [5.41, 5.74) is 1.35. The lowest BCUT2D eigenvalue weighted by molar-refractivity contribution is 0.414. The van der Waals surface area contributed by atoms with Crippen molar-refractivity contribution in [2.24, 2.45) is 4.99 Å². The number of guanidine groups is 1. The van der Waals surface area contributed by atoms with Gasteiger partial charge in [0, 0.05) is 49.5 Å². The van der Waals surface area contributed by atoms with Gasteiger partial charge in [-0.25, -0.2) is 0 Å². The molecular formula is C21H37N5O. The fraction of sp³-hybridized carbons (Fsp3) is 0.667. The summed E-state index contributed by atoms with van der Waals surface area (Å²) in [6.07, 6.45) is 2.32. The number of nitrogens with zero attached hydrogens (tertiary/aromatic N) is 2. The number of benzene rings is 1. The number of rotatable bonds is 7. The van der Waals surface area contributed by atoms with Gasteiger partial charge in [0.25, 0.3) is 0 Å². The Kier molecular flexibility index (Phi) is 8.23. The van der Waals surface area contributed by atoms with Gasteiger partial charge < -0.3 is 25.6 Å². The van der Waals surface area contributed by atoms with Crippen LogP contribution >= 0.6 is 0 Å². The maximum absolute atomic E-state index is 5.37. The summed E-state index contributed by atoms with van der Waals surface area (Å²) >= 11 is 0. The van der Waals surface area contributed by atoms with E-state index in [0.717, 1.165) is 50.9 Å². The number of methoxy groups -OCH3 is 1. The molecule has 1 saturated heterocycles. The Morgan fingerprint density at radius 1 is 1.33 bits per heavy atom. The Labute approximate surface area is 164 Å². The molecule has 1 unspecified atom stereocenters. The van der Waals surface area contributed by atoms with Crippen molar-refractivity contribution in [2.75, 3.05) is 44.7 Å². The molecule has 1 aromatic carbocycles. The summed E-state index contributed by atoms with van der Waals surface area (Å²) in [4.78, 5) is 7.15. The summed E-state index contributed by atoms with van der Waals surface area (Å²) < 4.78 is 5.37. The standard InChI is InChI=1S/C21H37N5O/c1-6-22-20(23-12-13-24-21(2,3)4)25-17-9-8-14-26(16-17)18-10-7-11-19(15-18)27-5/h7,10-11,15,17,24H,6,8-9,12-14,16H2,1-5H3,(H2,22,23,25). The van der Waals surface area contributed by atoms with Crippen LogP contribution in [0, 0.1) is 0 Å². The van der Waals surface area contributed by atoms with Gasteiger partial charge in [0.15, 0.2) is 5.96 Å². The van der Waals surface area contributed by atoms with Crippen LogP contribution in [0.4, 0.5) is 5.69 Å². The van der Waals surface area contributed by atoms with Gasteiger partial charge in [-0.2, -0.15) is 0 Å². The van der Waals surface area contributed by atoms with Gasteiger partial charge in [0.1, 0.15) is 5.75 Å². The molecule has 0 saturated carbocycles. The van der Waals surface area contributed by atoms with Crippen molar-refractivity contribution in [2.45, 2.75) is 52.1 Å². The molecule has 2 rings (SSSR count). The molecule has 0 aromatic heterocycles. The van der Waals surface area contributed by atoms with Crippen LogP contribution in [0.1, 0.15) is 40.5 Å². The average Bonchev–Trinajstić information content (AvgIpc) is 2.65. The molecule has 6 nitrogen and oxygen atoms in total. The fourth-order valence-corrected chi connectivity index (χ4v) is 3.25. The smallest absolute Gasteiger partial charge is 0.191 e. The van der Waals surface area contributed by atoms with Crippen molar-refractivity contribution in [3.8, 4) is 5.75 Å². The summed E-state index contributed by atoms with van der Waals surface area (Å²) in [5, 5.41) is 10.5. The zero-order valence-electron chi connectivity index (χ0n) is 17.6. The van der Waals surface area contributed by atoms with E-state index in [4.69, 9.17) is 9.73 Å². The molecule has 1 atom stereocenters. The molecular weight excluding hydrogens is 338 g/mol. The summed E-state index contributed by atoms with van der Waals surface area (Å²) in [6, 6.07) is 8.70. The minimum Gasteiger partial charge on any atom is -0.497 e.